The second kappa shape index (κ2) is 6.47. The van der Waals surface area contributed by atoms with Crippen LogP contribution >= 0.6 is 11.8 Å². The minimum Gasteiger partial charge on any atom is -0.328 e. The van der Waals surface area contributed by atoms with Crippen molar-refractivity contribution in [2.45, 2.75) is 22.3 Å². The number of fused-ring (bicyclic) bond motifs is 2. The van der Waals surface area contributed by atoms with Crippen molar-refractivity contribution in [3.05, 3.63) is 59.2 Å². The third kappa shape index (κ3) is 2.85. The van der Waals surface area contributed by atoms with Gasteiger partial charge in [-0.15, -0.1) is 0 Å². The maximum atomic E-state index is 14.7. The van der Waals surface area contributed by atoms with Crippen molar-refractivity contribution in [3.63, 3.8) is 0 Å². The zero-order valence-electron chi connectivity index (χ0n) is 13.7. The average molecular weight is 348 g/mol. The molecule has 24 heavy (non-hydrogen) atoms. The summed E-state index contributed by atoms with van der Waals surface area (Å²) in [4.78, 5) is 4.42. The number of likely N-dealkylation sites (N-methyl/N-ethyl adjacent to an activating group) is 1. The van der Waals surface area contributed by atoms with Crippen LogP contribution < -0.4 is 9.80 Å². The lowest BCUT2D eigenvalue weighted by molar-refractivity contribution is -1.02. The fourth-order valence-electron chi connectivity index (χ4n) is 3.88. The third-order valence-corrected chi connectivity index (χ3v) is 6.53. The van der Waals surface area contributed by atoms with Crippen LogP contribution in [0.4, 0.5) is 8.78 Å². The number of rotatable bonds is 1. The summed E-state index contributed by atoms with van der Waals surface area (Å²) < 4.78 is 29.3. The summed E-state index contributed by atoms with van der Waals surface area (Å²) in [7, 11) is 2.20. The van der Waals surface area contributed by atoms with E-state index < -0.39 is 0 Å². The molecule has 0 amide bonds. The van der Waals surface area contributed by atoms with Crippen molar-refractivity contribution in [2.24, 2.45) is 0 Å². The fourth-order valence-corrected chi connectivity index (χ4v) is 5.04. The van der Waals surface area contributed by atoms with Crippen LogP contribution in [0.5, 0.6) is 0 Å². The predicted octanol–water partition coefficient (Wildman–Crippen LogP) is 1.13. The summed E-state index contributed by atoms with van der Waals surface area (Å²) in [6.45, 7) is 4.15. The number of nitrogens with one attached hydrogen (secondary N) is 2. The molecule has 2 heterocycles. The monoisotopic (exact) mass is 348 g/mol. The quantitative estimate of drug-likeness (QED) is 0.785. The molecular formula is C19H22F2N2S+2. The van der Waals surface area contributed by atoms with E-state index in [1.165, 1.54) is 39.3 Å². The molecule has 1 saturated heterocycles. The highest BCUT2D eigenvalue weighted by Gasteiger charge is 2.36. The molecule has 0 radical (unpaired) electrons. The van der Waals surface area contributed by atoms with Gasteiger partial charge in [-0.1, -0.05) is 30.0 Å². The van der Waals surface area contributed by atoms with Crippen LogP contribution in [0.15, 0.2) is 46.2 Å². The fraction of sp³-hybridized carbons (Fsp3) is 0.368. The van der Waals surface area contributed by atoms with Gasteiger partial charge < -0.3 is 9.80 Å². The Labute approximate surface area is 145 Å². The SMILES string of the molecule is C[NH+]1CC[NH+]([C@H]2Cc3ccccc3Sc3c(F)ccc(F)c32)CC1. The highest BCUT2D eigenvalue weighted by atomic mass is 32.2. The smallest absolute Gasteiger partial charge is 0.137 e. The molecule has 2 aromatic carbocycles. The van der Waals surface area contributed by atoms with Gasteiger partial charge in [0.2, 0.25) is 0 Å². The molecule has 0 aromatic heterocycles. The Bertz CT molecular complexity index is 757. The minimum atomic E-state index is -0.308. The van der Waals surface area contributed by atoms with E-state index in [4.69, 9.17) is 0 Å². The van der Waals surface area contributed by atoms with E-state index in [9.17, 15) is 8.78 Å². The van der Waals surface area contributed by atoms with Gasteiger partial charge >= 0.3 is 0 Å². The van der Waals surface area contributed by atoms with Crippen LogP contribution in [0.1, 0.15) is 17.2 Å². The summed E-state index contributed by atoms with van der Waals surface area (Å²) in [5, 5.41) is 0. The molecule has 2 nitrogen and oxygen atoms in total. The summed E-state index contributed by atoms with van der Waals surface area (Å²) >= 11 is 1.38. The first kappa shape index (κ1) is 16.1. The van der Waals surface area contributed by atoms with Crippen molar-refractivity contribution in [1.82, 2.24) is 0 Å². The lowest BCUT2D eigenvalue weighted by Gasteiger charge is -2.33. The molecule has 2 aliphatic heterocycles. The normalized spacial score (nSPS) is 26.4. The molecule has 2 aliphatic rings. The zero-order chi connectivity index (χ0) is 16.7. The van der Waals surface area contributed by atoms with Gasteiger partial charge in [0, 0.05) is 11.3 Å². The van der Waals surface area contributed by atoms with Crippen LogP contribution in [0.25, 0.3) is 0 Å². The van der Waals surface area contributed by atoms with Gasteiger partial charge in [-0.3, -0.25) is 0 Å². The standard InChI is InChI=1S/C19H20F2N2S/c1-22-8-10-23(11-9-22)16-12-13-4-2-3-5-17(13)24-19-15(21)7-6-14(20)18(16)19/h2-7,16H,8-12H2,1H3/p+2/t16-/m0/s1. The summed E-state index contributed by atoms with van der Waals surface area (Å²) in [5.74, 6) is -0.576. The van der Waals surface area contributed by atoms with Crippen LogP contribution in [-0.2, 0) is 6.42 Å². The molecule has 1 fully saturated rings. The lowest BCUT2D eigenvalue weighted by atomic mass is 9.96. The van der Waals surface area contributed by atoms with E-state index >= 15 is 0 Å². The number of hydrogen-bond donors (Lipinski definition) is 2. The molecule has 0 aliphatic carbocycles. The molecular weight excluding hydrogens is 326 g/mol. The minimum absolute atomic E-state index is 0.0139. The largest absolute Gasteiger partial charge is 0.328 e. The number of piperazine rings is 1. The number of halogens is 2. The van der Waals surface area contributed by atoms with Crippen LogP contribution in [0.2, 0.25) is 0 Å². The van der Waals surface area contributed by atoms with E-state index in [-0.39, 0.29) is 17.7 Å². The lowest BCUT2D eigenvalue weighted by Crippen LogP contribution is -3.27. The Morgan fingerprint density at radius 2 is 1.67 bits per heavy atom. The molecule has 0 bridgehead atoms. The summed E-state index contributed by atoms with van der Waals surface area (Å²) in [5.41, 5.74) is 1.77. The van der Waals surface area contributed by atoms with E-state index in [0.29, 0.717) is 10.5 Å². The van der Waals surface area contributed by atoms with E-state index in [1.807, 2.05) is 18.2 Å². The van der Waals surface area contributed by atoms with Crippen LogP contribution in [-0.4, -0.2) is 33.2 Å². The Balaban J connectivity index is 1.82. The predicted molar refractivity (Wildman–Crippen MR) is 90.7 cm³/mol. The molecule has 2 aromatic rings. The molecule has 2 N–H and O–H groups in total. The van der Waals surface area contributed by atoms with Gasteiger partial charge in [-0.25, -0.2) is 8.78 Å². The van der Waals surface area contributed by atoms with Gasteiger partial charge in [0.1, 0.15) is 43.9 Å². The Hall–Kier alpha value is -1.43. The Morgan fingerprint density at radius 3 is 2.46 bits per heavy atom. The number of hydrogen-bond acceptors (Lipinski definition) is 1. The molecule has 5 heteroatoms. The first-order valence-electron chi connectivity index (χ1n) is 8.53. The van der Waals surface area contributed by atoms with Crippen molar-refractivity contribution >= 4 is 11.8 Å². The molecule has 1 atom stereocenters. The molecule has 0 spiro atoms. The van der Waals surface area contributed by atoms with Crippen molar-refractivity contribution in [1.29, 1.82) is 0 Å². The average Bonchev–Trinajstić information content (AvgIpc) is 2.77. The molecule has 126 valence electrons. The molecule has 0 saturated carbocycles. The first-order valence-corrected chi connectivity index (χ1v) is 9.34. The van der Waals surface area contributed by atoms with E-state index in [1.54, 1.807) is 0 Å². The van der Waals surface area contributed by atoms with Gasteiger partial charge in [-0.05, 0) is 23.8 Å². The number of benzene rings is 2. The van der Waals surface area contributed by atoms with Gasteiger partial charge in [0.15, 0.2) is 0 Å². The van der Waals surface area contributed by atoms with Gasteiger partial charge in [-0.2, -0.15) is 0 Å². The highest BCUT2D eigenvalue weighted by Crippen LogP contribution is 2.42. The summed E-state index contributed by atoms with van der Waals surface area (Å²) in [6, 6.07) is 10.6. The zero-order valence-corrected chi connectivity index (χ0v) is 14.6. The maximum absolute atomic E-state index is 14.7. The van der Waals surface area contributed by atoms with Crippen LogP contribution in [0.3, 0.4) is 0 Å². The maximum Gasteiger partial charge on any atom is 0.137 e. The van der Waals surface area contributed by atoms with Crippen molar-refractivity contribution < 1.29 is 18.6 Å². The molecule has 4 rings (SSSR count). The second-order valence-electron chi connectivity index (χ2n) is 6.85. The first-order chi connectivity index (χ1) is 11.6. The van der Waals surface area contributed by atoms with Crippen LogP contribution in [0, 0.1) is 11.6 Å². The van der Waals surface area contributed by atoms with E-state index in [0.717, 1.165) is 37.5 Å². The van der Waals surface area contributed by atoms with Crippen molar-refractivity contribution in [3.8, 4) is 0 Å². The van der Waals surface area contributed by atoms with E-state index in [2.05, 4.69) is 13.1 Å². The highest BCUT2D eigenvalue weighted by molar-refractivity contribution is 7.99. The second-order valence-corrected chi connectivity index (χ2v) is 7.91. The Kier molecular flexibility index (Phi) is 4.33. The molecule has 0 unspecified atom stereocenters. The number of quaternary nitrogens is 2. The third-order valence-electron chi connectivity index (χ3n) is 5.29. The van der Waals surface area contributed by atoms with Crippen molar-refractivity contribution in [2.75, 3.05) is 33.2 Å². The van der Waals surface area contributed by atoms with Gasteiger partial charge in [0.25, 0.3) is 0 Å². The Morgan fingerprint density at radius 1 is 0.958 bits per heavy atom. The topological polar surface area (TPSA) is 8.88 Å². The van der Waals surface area contributed by atoms with Gasteiger partial charge in [0.05, 0.1) is 17.5 Å². The summed E-state index contributed by atoms with van der Waals surface area (Å²) in [6.07, 6.45) is 0.769.